The van der Waals surface area contributed by atoms with Crippen LogP contribution in [0.25, 0.3) is 11.1 Å². The van der Waals surface area contributed by atoms with Gasteiger partial charge in [-0.25, -0.2) is 0 Å². The van der Waals surface area contributed by atoms with Gasteiger partial charge in [-0.2, -0.15) is 18.3 Å². The second-order valence-electron chi connectivity index (χ2n) is 3.92. The van der Waals surface area contributed by atoms with Crippen LogP contribution in [0.1, 0.15) is 11.3 Å². The number of benzene rings is 1. The van der Waals surface area contributed by atoms with E-state index in [0.29, 0.717) is 11.1 Å². The molecule has 0 fully saturated rings. The van der Waals surface area contributed by atoms with E-state index >= 15 is 0 Å². The molecule has 0 saturated heterocycles. The van der Waals surface area contributed by atoms with E-state index in [1.165, 1.54) is 19.3 Å². The van der Waals surface area contributed by atoms with Crippen molar-refractivity contribution in [2.45, 2.75) is 12.8 Å². The highest BCUT2D eigenvalue weighted by molar-refractivity contribution is 5.66. The molecule has 0 unspecified atom stereocenters. The summed E-state index contributed by atoms with van der Waals surface area (Å²) in [6.45, 7) is -0.213. The summed E-state index contributed by atoms with van der Waals surface area (Å²) in [4.78, 5) is 0. The largest absolute Gasteiger partial charge is 0.435 e. The highest BCUT2D eigenvalue weighted by Crippen LogP contribution is 2.35. The highest BCUT2D eigenvalue weighted by Gasteiger charge is 2.37. The van der Waals surface area contributed by atoms with E-state index in [1.807, 2.05) is 0 Å². The number of hydrogen-bond acceptors (Lipinski definition) is 2. The van der Waals surface area contributed by atoms with Crippen LogP contribution in [-0.4, -0.2) is 14.9 Å². The highest BCUT2D eigenvalue weighted by atomic mass is 19.4. The average Bonchev–Trinajstić information content (AvgIpc) is 2.71. The molecule has 1 heterocycles. The molecule has 0 aliphatic rings. The summed E-state index contributed by atoms with van der Waals surface area (Å²) in [7, 11) is 1.44. The quantitative estimate of drug-likeness (QED) is 0.896. The van der Waals surface area contributed by atoms with Crippen molar-refractivity contribution >= 4 is 0 Å². The van der Waals surface area contributed by atoms with Gasteiger partial charge in [0, 0.05) is 18.8 Å². The lowest BCUT2D eigenvalue weighted by Crippen LogP contribution is -2.08. The second kappa shape index (κ2) is 4.45. The Kier molecular flexibility index (Phi) is 3.13. The predicted molar refractivity (Wildman–Crippen MR) is 59.6 cm³/mol. The Morgan fingerprint density at radius 1 is 1.33 bits per heavy atom. The van der Waals surface area contributed by atoms with Gasteiger partial charge in [-0.1, -0.05) is 18.2 Å². The van der Waals surface area contributed by atoms with E-state index in [4.69, 9.17) is 5.11 Å². The van der Waals surface area contributed by atoms with Crippen LogP contribution < -0.4 is 0 Å². The number of nitrogens with zero attached hydrogens (tertiary/aromatic N) is 2. The normalized spacial score (nSPS) is 11.8. The number of halogens is 3. The summed E-state index contributed by atoms with van der Waals surface area (Å²) >= 11 is 0. The molecular weight excluding hydrogens is 245 g/mol. The molecule has 96 valence electrons. The second-order valence-corrected chi connectivity index (χ2v) is 3.92. The van der Waals surface area contributed by atoms with Gasteiger partial charge in [-0.3, -0.25) is 4.68 Å². The van der Waals surface area contributed by atoms with Crippen LogP contribution in [0.3, 0.4) is 0 Å². The third-order valence-electron chi connectivity index (χ3n) is 2.52. The Bertz CT molecular complexity index is 561. The average molecular weight is 256 g/mol. The predicted octanol–water partition coefficient (Wildman–Crippen LogP) is 2.60. The number of aliphatic hydroxyl groups is 1. The van der Waals surface area contributed by atoms with E-state index in [2.05, 4.69) is 5.10 Å². The van der Waals surface area contributed by atoms with Crippen molar-refractivity contribution in [3.05, 3.63) is 41.7 Å². The van der Waals surface area contributed by atoms with Gasteiger partial charge in [0.15, 0.2) is 5.69 Å². The minimum absolute atomic E-state index is 0.0142. The molecule has 18 heavy (non-hydrogen) atoms. The summed E-state index contributed by atoms with van der Waals surface area (Å²) in [5, 5.41) is 12.4. The van der Waals surface area contributed by atoms with Crippen molar-refractivity contribution in [3.8, 4) is 11.1 Å². The molecule has 0 aliphatic heterocycles. The molecule has 1 N–H and O–H groups in total. The maximum atomic E-state index is 12.8. The summed E-state index contributed by atoms with van der Waals surface area (Å²) in [5.41, 5.74) is 0.0480. The number of hydrogen-bond donors (Lipinski definition) is 1. The summed E-state index contributed by atoms with van der Waals surface area (Å²) < 4.78 is 39.5. The first kappa shape index (κ1) is 12.6. The van der Waals surface area contributed by atoms with E-state index in [1.54, 1.807) is 18.2 Å². The number of aryl methyl sites for hydroxylation is 1. The lowest BCUT2D eigenvalue weighted by atomic mass is 10.0. The maximum Gasteiger partial charge on any atom is 0.435 e. The zero-order chi connectivity index (χ0) is 13.3. The van der Waals surface area contributed by atoms with Gasteiger partial charge in [0.25, 0.3) is 0 Å². The third-order valence-corrected chi connectivity index (χ3v) is 2.52. The van der Waals surface area contributed by atoms with Crippen molar-refractivity contribution in [1.29, 1.82) is 0 Å². The van der Waals surface area contributed by atoms with Crippen molar-refractivity contribution in [3.63, 3.8) is 0 Å². The van der Waals surface area contributed by atoms with Crippen LogP contribution in [0.4, 0.5) is 13.2 Å². The molecule has 0 aliphatic carbocycles. The zero-order valence-corrected chi connectivity index (χ0v) is 9.57. The fourth-order valence-corrected chi connectivity index (χ4v) is 1.75. The molecule has 2 aromatic rings. The van der Waals surface area contributed by atoms with Gasteiger partial charge in [0.1, 0.15) is 0 Å². The number of rotatable bonds is 2. The van der Waals surface area contributed by atoms with Crippen LogP contribution in [0.2, 0.25) is 0 Å². The Hall–Kier alpha value is -1.82. The van der Waals surface area contributed by atoms with E-state index in [9.17, 15) is 13.2 Å². The SMILES string of the molecule is Cn1cc(-c2cccc(CO)c2)c(C(F)(F)F)n1. The van der Waals surface area contributed by atoms with Gasteiger partial charge >= 0.3 is 6.18 Å². The third kappa shape index (κ3) is 2.38. The Labute approximate surface area is 101 Å². The first-order valence-electron chi connectivity index (χ1n) is 5.23. The molecule has 3 nitrogen and oxygen atoms in total. The van der Waals surface area contributed by atoms with Gasteiger partial charge in [-0.15, -0.1) is 0 Å². The molecule has 0 saturated carbocycles. The molecule has 6 heteroatoms. The van der Waals surface area contributed by atoms with E-state index in [0.717, 1.165) is 4.68 Å². The molecule has 0 atom stereocenters. The summed E-state index contributed by atoms with van der Waals surface area (Å²) in [6, 6.07) is 6.33. The Morgan fingerprint density at radius 3 is 2.67 bits per heavy atom. The first-order valence-corrected chi connectivity index (χ1v) is 5.23. The van der Waals surface area contributed by atoms with Crippen LogP contribution >= 0.6 is 0 Å². The Balaban J connectivity index is 2.56. The van der Waals surface area contributed by atoms with Crippen LogP contribution in [0.5, 0.6) is 0 Å². The molecule has 2 rings (SSSR count). The minimum atomic E-state index is -4.49. The fraction of sp³-hybridized carbons (Fsp3) is 0.250. The van der Waals surface area contributed by atoms with Crippen molar-refractivity contribution in [1.82, 2.24) is 9.78 Å². The Morgan fingerprint density at radius 2 is 2.06 bits per heavy atom. The lowest BCUT2D eigenvalue weighted by molar-refractivity contribution is -0.140. The van der Waals surface area contributed by atoms with Crippen LogP contribution in [0.15, 0.2) is 30.5 Å². The van der Waals surface area contributed by atoms with Crippen molar-refractivity contribution < 1.29 is 18.3 Å². The molecule has 0 amide bonds. The maximum absolute atomic E-state index is 12.8. The molecule has 0 bridgehead atoms. The van der Waals surface area contributed by atoms with Crippen molar-refractivity contribution in [2.75, 3.05) is 0 Å². The summed E-state index contributed by atoms with van der Waals surface area (Å²) in [5.74, 6) is 0. The molecule has 0 radical (unpaired) electrons. The monoisotopic (exact) mass is 256 g/mol. The number of aromatic nitrogens is 2. The summed E-state index contributed by atoms with van der Waals surface area (Å²) in [6.07, 6.45) is -3.18. The number of aliphatic hydroxyl groups excluding tert-OH is 1. The van der Waals surface area contributed by atoms with E-state index in [-0.39, 0.29) is 12.2 Å². The minimum Gasteiger partial charge on any atom is -0.392 e. The van der Waals surface area contributed by atoms with Crippen LogP contribution in [-0.2, 0) is 19.8 Å². The first-order chi connectivity index (χ1) is 8.41. The van der Waals surface area contributed by atoms with Gasteiger partial charge in [0.2, 0.25) is 0 Å². The molecule has 1 aromatic carbocycles. The topological polar surface area (TPSA) is 38.0 Å². The van der Waals surface area contributed by atoms with E-state index < -0.39 is 11.9 Å². The van der Waals surface area contributed by atoms with Gasteiger partial charge < -0.3 is 5.11 Å². The smallest absolute Gasteiger partial charge is 0.392 e. The fourth-order valence-electron chi connectivity index (χ4n) is 1.75. The van der Waals surface area contributed by atoms with Crippen molar-refractivity contribution in [2.24, 2.45) is 7.05 Å². The van der Waals surface area contributed by atoms with Gasteiger partial charge in [0.05, 0.1) is 6.61 Å². The molecular formula is C12H11F3N2O. The number of alkyl halides is 3. The van der Waals surface area contributed by atoms with Crippen LogP contribution in [0, 0.1) is 0 Å². The van der Waals surface area contributed by atoms with Gasteiger partial charge in [-0.05, 0) is 17.2 Å². The lowest BCUT2D eigenvalue weighted by Gasteiger charge is -2.07. The molecule has 1 aromatic heterocycles. The standard InChI is InChI=1S/C12H11F3N2O/c1-17-6-10(11(16-17)12(13,14)15)9-4-2-3-8(5-9)7-18/h2-6,18H,7H2,1H3. The molecule has 0 spiro atoms. The zero-order valence-electron chi connectivity index (χ0n) is 9.57.